The van der Waals surface area contributed by atoms with Crippen LogP contribution in [-0.4, -0.2) is 15.5 Å². The van der Waals surface area contributed by atoms with Crippen LogP contribution in [0.5, 0.6) is 0 Å². The molecule has 0 atom stereocenters. The van der Waals surface area contributed by atoms with E-state index in [1.54, 1.807) is 0 Å². The zero-order valence-electron chi connectivity index (χ0n) is 6.92. The van der Waals surface area contributed by atoms with Crippen molar-refractivity contribution in [1.29, 1.82) is 0 Å². The maximum absolute atomic E-state index is 13.0. The Morgan fingerprint density at radius 2 is 1.86 bits per heavy atom. The summed E-state index contributed by atoms with van der Waals surface area (Å²) in [6, 6.07) is 1.04. The fourth-order valence-corrected chi connectivity index (χ4v) is 1.75. The van der Waals surface area contributed by atoms with Crippen LogP contribution in [-0.2, 0) is 14.3 Å². The van der Waals surface area contributed by atoms with E-state index in [9.17, 15) is 17.2 Å². The van der Waals surface area contributed by atoms with Gasteiger partial charge in [0.25, 0.3) is 10.1 Å². The molecule has 1 aromatic carbocycles. The highest BCUT2D eigenvalue weighted by Gasteiger charge is 2.20. The molecular formula is C7H5ClF2O3S. The summed E-state index contributed by atoms with van der Waals surface area (Å²) >= 11 is 5.29. The van der Waals surface area contributed by atoms with Gasteiger partial charge in [-0.1, -0.05) is 11.6 Å². The predicted octanol–water partition coefficient (Wildman–Crippen LogP) is 1.95. The summed E-state index contributed by atoms with van der Waals surface area (Å²) in [7, 11) is -3.33. The Kier molecular flexibility index (Phi) is 3.08. The van der Waals surface area contributed by atoms with Crippen molar-refractivity contribution in [3.63, 3.8) is 0 Å². The Morgan fingerprint density at radius 3 is 2.36 bits per heavy atom. The van der Waals surface area contributed by atoms with Gasteiger partial charge in [0.15, 0.2) is 0 Å². The van der Waals surface area contributed by atoms with Gasteiger partial charge in [0.2, 0.25) is 0 Å². The lowest BCUT2D eigenvalue weighted by molar-refractivity contribution is 0.393. The fourth-order valence-electron chi connectivity index (χ4n) is 0.786. The van der Waals surface area contributed by atoms with Crippen LogP contribution in [0.3, 0.4) is 0 Å². The minimum atomic E-state index is -4.19. The number of halogens is 3. The Labute approximate surface area is 84.4 Å². The van der Waals surface area contributed by atoms with Gasteiger partial charge in [-0.15, -0.1) is 0 Å². The topological polar surface area (TPSA) is 43.4 Å². The summed E-state index contributed by atoms with van der Waals surface area (Å²) in [6.45, 7) is 0. The quantitative estimate of drug-likeness (QED) is 0.588. The molecule has 0 heterocycles. The van der Waals surface area contributed by atoms with E-state index < -0.39 is 31.7 Å². The third-order valence-corrected chi connectivity index (χ3v) is 3.04. The van der Waals surface area contributed by atoms with Crippen molar-refractivity contribution in [2.24, 2.45) is 0 Å². The molecular weight excluding hydrogens is 238 g/mol. The molecule has 0 aliphatic rings. The van der Waals surface area contributed by atoms with E-state index in [2.05, 4.69) is 4.18 Å². The van der Waals surface area contributed by atoms with Crippen LogP contribution in [0, 0.1) is 11.6 Å². The van der Waals surface area contributed by atoms with E-state index >= 15 is 0 Å². The summed E-state index contributed by atoms with van der Waals surface area (Å²) in [5.41, 5.74) is 0. The van der Waals surface area contributed by atoms with Gasteiger partial charge in [-0.3, -0.25) is 4.18 Å². The minimum Gasteiger partial charge on any atom is -0.270 e. The molecule has 0 N–H and O–H groups in total. The molecule has 7 heteroatoms. The van der Waals surface area contributed by atoms with E-state index in [0.29, 0.717) is 12.1 Å². The van der Waals surface area contributed by atoms with Gasteiger partial charge in [0.05, 0.1) is 12.1 Å². The first-order valence-electron chi connectivity index (χ1n) is 3.33. The van der Waals surface area contributed by atoms with E-state index in [-0.39, 0.29) is 0 Å². The monoisotopic (exact) mass is 242 g/mol. The zero-order valence-corrected chi connectivity index (χ0v) is 8.49. The molecule has 0 aromatic heterocycles. The smallest absolute Gasteiger partial charge is 0.270 e. The highest BCUT2D eigenvalue weighted by molar-refractivity contribution is 7.86. The second-order valence-electron chi connectivity index (χ2n) is 2.32. The van der Waals surface area contributed by atoms with Crippen molar-refractivity contribution in [2.45, 2.75) is 4.90 Å². The summed E-state index contributed by atoms with van der Waals surface area (Å²) in [6.07, 6.45) is 0. The normalized spacial score (nSPS) is 11.7. The van der Waals surface area contributed by atoms with E-state index in [4.69, 9.17) is 11.6 Å². The molecule has 14 heavy (non-hydrogen) atoms. The van der Waals surface area contributed by atoms with Crippen molar-refractivity contribution >= 4 is 21.7 Å². The summed E-state index contributed by atoms with van der Waals surface area (Å²) < 4.78 is 51.7. The van der Waals surface area contributed by atoms with E-state index in [0.717, 1.165) is 7.11 Å². The lowest BCUT2D eigenvalue weighted by atomic mass is 10.3. The number of hydrogen-bond donors (Lipinski definition) is 0. The number of benzene rings is 1. The fraction of sp³-hybridized carbons (Fsp3) is 0.143. The molecule has 0 radical (unpaired) electrons. The molecule has 3 nitrogen and oxygen atoms in total. The maximum Gasteiger partial charge on any atom is 0.299 e. The van der Waals surface area contributed by atoms with Gasteiger partial charge in [0, 0.05) is 6.07 Å². The average Bonchev–Trinajstić information content (AvgIpc) is 2.11. The largest absolute Gasteiger partial charge is 0.299 e. The lowest BCUT2D eigenvalue weighted by Crippen LogP contribution is -2.06. The summed E-state index contributed by atoms with van der Waals surface area (Å²) in [5.74, 6) is -2.27. The molecule has 0 amide bonds. The van der Waals surface area contributed by atoms with E-state index in [1.165, 1.54) is 0 Å². The predicted molar refractivity (Wildman–Crippen MR) is 45.6 cm³/mol. The van der Waals surface area contributed by atoms with Crippen LogP contribution in [0.2, 0.25) is 5.02 Å². The standard InChI is InChI=1S/C7H5ClF2O3S/c1-13-14(11,12)7-2-4(8)5(9)3-6(7)10/h2-3H,1H3. The summed E-state index contributed by atoms with van der Waals surface area (Å²) in [4.78, 5) is -0.786. The number of hydrogen-bond acceptors (Lipinski definition) is 3. The van der Waals surface area contributed by atoms with Gasteiger partial charge in [-0.25, -0.2) is 8.78 Å². The van der Waals surface area contributed by atoms with Crippen molar-refractivity contribution in [2.75, 3.05) is 7.11 Å². The van der Waals surface area contributed by atoms with Crippen LogP contribution < -0.4 is 0 Å². The molecule has 0 saturated heterocycles. The third-order valence-electron chi connectivity index (χ3n) is 1.46. The highest BCUT2D eigenvalue weighted by atomic mass is 35.5. The van der Waals surface area contributed by atoms with Crippen molar-refractivity contribution < 1.29 is 21.4 Å². The first-order chi connectivity index (χ1) is 6.38. The van der Waals surface area contributed by atoms with Crippen molar-refractivity contribution in [3.8, 4) is 0 Å². The zero-order chi connectivity index (χ0) is 10.9. The molecule has 0 saturated carbocycles. The van der Waals surface area contributed by atoms with Crippen LogP contribution in [0.15, 0.2) is 17.0 Å². The molecule has 0 unspecified atom stereocenters. The Morgan fingerprint density at radius 1 is 1.29 bits per heavy atom. The Balaban J connectivity index is 3.45. The van der Waals surface area contributed by atoms with Crippen LogP contribution >= 0.6 is 11.6 Å². The molecule has 1 rings (SSSR count). The van der Waals surface area contributed by atoms with E-state index in [1.807, 2.05) is 0 Å². The van der Waals surface area contributed by atoms with Crippen molar-refractivity contribution in [3.05, 3.63) is 28.8 Å². The lowest BCUT2D eigenvalue weighted by Gasteiger charge is -2.03. The molecule has 78 valence electrons. The molecule has 0 bridgehead atoms. The summed E-state index contributed by atoms with van der Waals surface area (Å²) in [5, 5.41) is -0.484. The Bertz CT molecular complexity index is 458. The molecule has 0 fully saturated rings. The second kappa shape index (κ2) is 3.80. The molecule has 0 spiro atoms. The first-order valence-corrected chi connectivity index (χ1v) is 5.12. The minimum absolute atomic E-state index is 0.383. The van der Waals surface area contributed by atoms with Gasteiger partial charge in [-0.2, -0.15) is 8.42 Å². The second-order valence-corrected chi connectivity index (χ2v) is 4.41. The number of rotatable bonds is 2. The first kappa shape index (κ1) is 11.4. The average molecular weight is 243 g/mol. The van der Waals surface area contributed by atoms with Gasteiger partial charge < -0.3 is 0 Å². The van der Waals surface area contributed by atoms with Gasteiger partial charge >= 0.3 is 0 Å². The Hall–Kier alpha value is -0.720. The van der Waals surface area contributed by atoms with Gasteiger partial charge in [0.1, 0.15) is 16.5 Å². The van der Waals surface area contributed by atoms with Crippen LogP contribution in [0.1, 0.15) is 0 Å². The van der Waals surface area contributed by atoms with Gasteiger partial charge in [-0.05, 0) is 6.07 Å². The third kappa shape index (κ3) is 2.02. The molecule has 1 aromatic rings. The SMILES string of the molecule is COS(=O)(=O)c1cc(Cl)c(F)cc1F. The highest BCUT2D eigenvalue weighted by Crippen LogP contribution is 2.23. The molecule has 0 aliphatic carbocycles. The van der Waals surface area contributed by atoms with Crippen LogP contribution in [0.25, 0.3) is 0 Å². The maximum atomic E-state index is 13.0. The van der Waals surface area contributed by atoms with Crippen LogP contribution in [0.4, 0.5) is 8.78 Å². The molecule has 0 aliphatic heterocycles. The van der Waals surface area contributed by atoms with Crippen molar-refractivity contribution in [1.82, 2.24) is 0 Å².